The van der Waals surface area contributed by atoms with Crippen molar-refractivity contribution in [1.29, 1.82) is 0 Å². The lowest BCUT2D eigenvalue weighted by Crippen LogP contribution is -2.25. The molecule has 3 heterocycles. The number of aromatic nitrogens is 2. The number of nitrogens with one attached hydrogen (secondary N) is 2. The Morgan fingerprint density at radius 2 is 1.83 bits per heavy atom. The van der Waals surface area contributed by atoms with Gasteiger partial charge in [0.05, 0.1) is 5.69 Å². The third-order valence-corrected chi connectivity index (χ3v) is 5.52. The molecule has 0 saturated carbocycles. The first-order chi connectivity index (χ1) is 14.3. The predicted octanol–water partition coefficient (Wildman–Crippen LogP) is 3.83. The SMILES string of the molecule is O=C(CCCCN1CCCCCC1)Nc1cc(-c2ccc3c(c2)OCCO3)n[nH]1. The minimum atomic E-state index is 0.0261. The summed E-state index contributed by atoms with van der Waals surface area (Å²) in [5, 5.41) is 10.1. The molecule has 2 aromatic rings. The molecule has 0 unspecified atom stereocenters. The fourth-order valence-corrected chi connectivity index (χ4v) is 3.93. The first-order valence-electron chi connectivity index (χ1n) is 10.8. The van der Waals surface area contributed by atoms with Gasteiger partial charge in [0, 0.05) is 18.1 Å². The molecule has 2 N–H and O–H groups in total. The van der Waals surface area contributed by atoms with Crippen LogP contribution in [0.15, 0.2) is 24.3 Å². The summed E-state index contributed by atoms with van der Waals surface area (Å²) in [6.45, 7) is 4.65. The van der Waals surface area contributed by atoms with Gasteiger partial charge in [-0.15, -0.1) is 0 Å². The highest BCUT2D eigenvalue weighted by molar-refractivity contribution is 5.90. The molecule has 1 aromatic carbocycles. The van der Waals surface area contributed by atoms with E-state index in [1.807, 2.05) is 24.3 Å². The third kappa shape index (κ3) is 5.50. The smallest absolute Gasteiger partial charge is 0.225 e. The molecule has 4 rings (SSSR count). The van der Waals surface area contributed by atoms with Crippen LogP contribution >= 0.6 is 0 Å². The first kappa shape index (κ1) is 19.8. The number of likely N-dealkylation sites (tertiary alicyclic amines) is 1. The maximum absolute atomic E-state index is 12.2. The number of H-pyrrole nitrogens is 1. The largest absolute Gasteiger partial charge is 0.486 e. The second-order valence-corrected chi connectivity index (χ2v) is 7.79. The molecule has 29 heavy (non-hydrogen) atoms. The molecule has 1 saturated heterocycles. The number of aromatic amines is 1. The molecule has 0 radical (unpaired) electrons. The minimum Gasteiger partial charge on any atom is -0.486 e. The number of hydrogen-bond donors (Lipinski definition) is 2. The van der Waals surface area contributed by atoms with Crippen molar-refractivity contribution in [3.8, 4) is 22.8 Å². The Morgan fingerprint density at radius 3 is 2.66 bits per heavy atom. The minimum absolute atomic E-state index is 0.0261. The molecule has 1 fully saturated rings. The van der Waals surface area contributed by atoms with Gasteiger partial charge in [0.2, 0.25) is 5.91 Å². The van der Waals surface area contributed by atoms with E-state index in [0.29, 0.717) is 25.5 Å². The summed E-state index contributed by atoms with van der Waals surface area (Å²) in [7, 11) is 0. The van der Waals surface area contributed by atoms with E-state index in [2.05, 4.69) is 20.4 Å². The van der Waals surface area contributed by atoms with Crippen LogP contribution in [0.1, 0.15) is 44.9 Å². The zero-order chi connectivity index (χ0) is 19.9. The first-order valence-corrected chi connectivity index (χ1v) is 10.8. The molecule has 0 aliphatic carbocycles. The van der Waals surface area contributed by atoms with Crippen LogP contribution in [0.3, 0.4) is 0 Å². The Bertz CT molecular complexity index is 812. The second-order valence-electron chi connectivity index (χ2n) is 7.79. The van der Waals surface area contributed by atoms with Gasteiger partial charge in [-0.25, -0.2) is 0 Å². The van der Waals surface area contributed by atoms with Crippen molar-refractivity contribution >= 4 is 11.7 Å². The van der Waals surface area contributed by atoms with Crippen LogP contribution in [0.4, 0.5) is 5.82 Å². The van der Waals surface area contributed by atoms with Crippen LogP contribution in [-0.2, 0) is 4.79 Å². The average molecular weight is 399 g/mol. The maximum atomic E-state index is 12.2. The summed E-state index contributed by atoms with van der Waals surface area (Å²) < 4.78 is 11.2. The van der Waals surface area contributed by atoms with Crippen molar-refractivity contribution < 1.29 is 14.3 Å². The summed E-state index contributed by atoms with van der Waals surface area (Å²) in [5.74, 6) is 2.13. The highest BCUT2D eigenvalue weighted by atomic mass is 16.6. The molecule has 0 spiro atoms. The van der Waals surface area contributed by atoms with Gasteiger partial charge in [-0.2, -0.15) is 5.10 Å². The van der Waals surface area contributed by atoms with Crippen molar-refractivity contribution in [2.45, 2.75) is 44.9 Å². The van der Waals surface area contributed by atoms with E-state index in [0.717, 1.165) is 42.1 Å². The lowest BCUT2D eigenvalue weighted by atomic mass is 10.1. The Morgan fingerprint density at radius 1 is 1.03 bits per heavy atom. The highest BCUT2D eigenvalue weighted by Crippen LogP contribution is 2.34. The maximum Gasteiger partial charge on any atom is 0.225 e. The number of rotatable bonds is 7. The Labute approximate surface area is 171 Å². The van der Waals surface area contributed by atoms with E-state index in [1.165, 1.54) is 38.8 Å². The van der Waals surface area contributed by atoms with Crippen molar-refractivity contribution in [3.05, 3.63) is 24.3 Å². The number of ether oxygens (including phenoxy) is 2. The van der Waals surface area contributed by atoms with E-state index in [-0.39, 0.29) is 5.91 Å². The predicted molar refractivity (Wildman–Crippen MR) is 112 cm³/mol. The van der Waals surface area contributed by atoms with Crippen LogP contribution in [-0.4, -0.2) is 53.9 Å². The van der Waals surface area contributed by atoms with Crippen LogP contribution in [0.5, 0.6) is 11.5 Å². The summed E-state index contributed by atoms with van der Waals surface area (Å²) in [4.78, 5) is 14.8. The van der Waals surface area contributed by atoms with E-state index in [4.69, 9.17) is 9.47 Å². The van der Waals surface area contributed by atoms with Crippen molar-refractivity contribution in [3.63, 3.8) is 0 Å². The molecule has 0 bridgehead atoms. The summed E-state index contributed by atoms with van der Waals surface area (Å²) in [6.07, 6.45) is 7.85. The average Bonchev–Trinajstić information content (AvgIpc) is 3.05. The van der Waals surface area contributed by atoms with Crippen LogP contribution in [0, 0.1) is 0 Å². The molecule has 7 nitrogen and oxygen atoms in total. The number of amides is 1. The Balaban J connectivity index is 1.23. The molecule has 2 aliphatic rings. The molecule has 7 heteroatoms. The lowest BCUT2D eigenvalue weighted by molar-refractivity contribution is -0.116. The van der Waals surface area contributed by atoms with Crippen LogP contribution in [0.2, 0.25) is 0 Å². The number of unbranched alkanes of at least 4 members (excludes halogenated alkanes) is 1. The van der Waals surface area contributed by atoms with Crippen LogP contribution in [0.25, 0.3) is 11.3 Å². The van der Waals surface area contributed by atoms with Gasteiger partial charge in [-0.05, 0) is 63.5 Å². The van der Waals surface area contributed by atoms with Crippen molar-refractivity contribution in [1.82, 2.24) is 15.1 Å². The van der Waals surface area contributed by atoms with E-state index in [1.54, 1.807) is 0 Å². The van der Waals surface area contributed by atoms with E-state index < -0.39 is 0 Å². The van der Waals surface area contributed by atoms with Gasteiger partial charge in [-0.1, -0.05) is 12.8 Å². The fourth-order valence-electron chi connectivity index (χ4n) is 3.93. The summed E-state index contributed by atoms with van der Waals surface area (Å²) in [5.41, 5.74) is 1.68. The topological polar surface area (TPSA) is 79.5 Å². The molecular weight excluding hydrogens is 368 g/mol. The number of carbonyl (C=O) groups is 1. The second kappa shape index (κ2) is 9.78. The lowest BCUT2D eigenvalue weighted by Gasteiger charge is -2.19. The molecule has 1 amide bonds. The van der Waals surface area contributed by atoms with Gasteiger partial charge in [0.15, 0.2) is 11.5 Å². The number of nitrogens with zero attached hydrogens (tertiary/aromatic N) is 2. The third-order valence-electron chi connectivity index (χ3n) is 5.52. The van der Waals surface area contributed by atoms with Gasteiger partial charge < -0.3 is 19.7 Å². The Hall–Kier alpha value is -2.54. The quantitative estimate of drug-likeness (QED) is 0.693. The number of carbonyl (C=O) groups excluding carboxylic acids is 1. The van der Waals surface area contributed by atoms with E-state index >= 15 is 0 Å². The molecule has 0 atom stereocenters. The summed E-state index contributed by atoms with van der Waals surface area (Å²) >= 11 is 0. The van der Waals surface area contributed by atoms with Gasteiger partial charge >= 0.3 is 0 Å². The number of benzene rings is 1. The van der Waals surface area contributed by atoms with Crippen LogP contribution < -0.4 is 14.8 Å². The Kier molecular flexibility index (Phi) is 6.67. The van der Waals surface area contributed by atoms with Gasteiger partial charge in [0.25, 0.3) is 0 Å². The van der Waals surface area contributed by atoms with Crippen molar-refractivity contribution in [2.75, 3.05) is 38.2 Å². The summed E-state index contributed by atoms with van der Waals surface area (Å²) in [6, 6.07) is 7.60. The fraction of sp³-hybridized carbons (Fsp3) is 0.545. The zero-order valence-electron chi connectivity index (χ0n) is 16.9. The van der Waals surface area contributed by atoms with Gasteiger partial charge in [0.1, 0.15) is 19.0 Å². The normalized spacial score (nSPS) is 17.0. The molecular formula is C22H30N4O3. The number of hydrogen-bond acceptors (Lipinski definition) is 5. The van der Waals surface area contributed by atoms with Gasteiger partial charge in [-0.3, -0.25) is 9.89 Å². The monoisotopic (exact) mass is 398 g/mol. The molecule has 1 aromatic heterocycles. The molecule has 156 valence electrons. The molecule has 2 aliphatic heterocycles. The number of anilines is 1. The van der Waals surface area contributed by atoms with Crippen molar-refractivity contribution in [2.24, 2.45) is 0 Å². The standard InChI is InChI=1S/C22H30N4O3/c27-22(7-3-6-12-26-10-4-1-2-5-11-26)23-21-16-18(24-25-21)17-8-9-19-20(15-17)29-14-13-28-19/h8-9,15-16H,1-7,10-14H2,(H2,23,24,25,27). The number of fused-ring (bicyclic) bond motifs is 1. The zero-order valence-corrected chi connectivity index (χ0v) is 16.9. The highest BCUT2D eigenvalue weighted by Gasteiger charge is 2.14. The van der Waals surface area contributed by atoms with E-state index in [9.17, 15) is 4.79 Å².